The van der Waals surface area contributed by atoms with Gasteiger partial charge in [0.2, 0.25) is 5.91 Å². The highest BCUT2D eigenvalue weighted by atomic mass is 35.5. The Bertz CT molecular complexity index is 946. The van der Waals surface area contributed by atoms with Gasteiger partial charge in [0.05, 0.1) is 18.7 Å². The van der Waals surface area contributed by atoms with Gasteiger partial charge in [-0.1, -0.05) is 17.7 Å². The number of hydrogen-bond acceptors (Lipinski definition) is 4. The summed E-state index contributed by atoms with van der Waals surface area (Å²) in [5.41, 5.74) is 2.03. The molecule has 0 saturated carbocycles. The van der Waals surface area contributed by atoms with E-state index in [-0.39, 0.29) is 11.9 Å². The fourth-order valence-electron chi connectivity index (χ4n) is 2.97. The number of rotatable bonds is 7. The molecule has 0 atom stereocenters. The van der Waals surface area contributed by atoms with E-state index in [0.717, 1.165) is 5.69 Å². The van der Waals surface area contributed by atoms with Crippen LogP contribution in [0.15, 0.2) is 42.5 Å². The van der Waals surface area contributed by atoms with Crippen LogP contribution in [0.2, 0.25) is 5.02 Å². The predicted molar refractivity (Wildman–Crippen MR) is 114 cm³/mol. The molecule has 2 aromatic carbocycles. The molecule has 0 aromatic heterocycles. The molecule has 29 heavy (non-hydrogen) atoms. The Labute approximate surface area is 174 Å². The van der Waals surface area contributed by atoms with E-state index in [1.165, 1.54) is 13.2 Å². The third kappa shape index (κ3) is 5.00. The highest BCUT2D eigenvalue weighted by Crippen LogP contribution is 2.36. The van der Waals surface area contributed by atoms with Crippen LogP contribution in [0.1, 0.15) is 12.5 Å². The van der Waals surface area contributed by atoms with Gasteiger partial charge in [0, 0.05) is 30.5 Å². The SMILES string of the molecule is CCOc1cc(/C=C/C(=O)Nc2cccc(N3CCNC3=O)c2)cc(Cl)c1OC. The fraction of sp³-hybridized carbons (Fsp3) is 0.238. The topological polar surface area (TPSA) is 79.9 Å². The summed E-state index contributed by atoms with van der Waals surface area (Å²) in [7, 11) is 1.52. The minimum Gasteiger partial charge on any atom is -0.491 e. The van der Waals surface area contributed by atoms with Gasteiger partial charge in [-0.05, 0) is 48.9 Å². The highest BCUT2D eigenvalue weighted by Gasteiger charge is 2.21. The van der Waals surface area contributed by atoms with Crippen molar-refractivity contribution in [3.05, 3.63) is 53.1 Å². The van der Waals surface area contributed by atoms with Crippen LogP contribution in [0.4, 0.5) is 16.2 Å². The van der Waals surface area contributed by atoms with Crippen LogP contribution in [0.3, 0.4) is 0 Å². The summed E-state index contributed by atoms with van der Waals surface area (Å²) in [4.78, 5) is 25.7. The van der Waals surface area contributed by atoms with Crippen molar-refractivity contribution in [1.29, 1.82) is 0 Å². The Balaban J connectivity index is 1.71. The zero-order valence-corrected chi connectivity index (χ0v) is 17.0. The molecule has 1 aliphatic rings. The van der Waals surface area contributed by atoms with Gasteiger partial charge >= 0.3 is 6.03 Å². The maximum absolute atomic E-state index is 12.3. The van der Waals surface area contributed by atoms with Crippen molar-refractivity contribution < 1.29 is 19.1 Å². The lowest BCUT2D eigenvalue weighted by Gasteiger charge is -2.15. The summed E-state index contributed by atoms with van der Waals surface area (Å²) in [6, 6.07) is 10.4. The van der Waals surface area contributed by atoms with Crippen molar-refractivity contribution in [2.75, 3.05) is 37.0 Å². The number of amides is 3. The minimum absolute atomic E-state index is 0.144. The summed E-state index contributed by atoms with van der Waals surface area (Å²) in [5, 5.41) is 5.94. The van der Waals surface area contributed by atoms with Gasteiger partial charge in [0.15, 0.2) is 11.5 Å². The second kappa shape index (κ2) is 9.34. The van der Waals surface area contributed by atoms with Crippen LogP contribution < -0.4 is 25.0 Å². The van der Waals surface area contributed by atoms with Crippen molar-refractivity contribution in [1.82, 2.24) is 5.32 Å². The molecule has 152 valence electrons. The third-order valence-corrected chi connectivity index (χ3v) is 4.53. The molecule has 0 spiro atoms. The second-order valence-corrected chi connectivity index (χ2v) is 6.63. The summed E-state index contributed by atoms with van der Waals surface area (Å²) in [5.74, 6) is 0.662. The Kier molecular flexibility index (Phi) is 6.61. The maximum atomic E-state index is 12.3. The predicted octanol–water partition coefficient (Wildman–Crippen LogP) is 3.93. The van der Waals surface area contributed by atoms with E-state index in [1.54, 1.807) is 41.3 Å². The molecule has 1 saturated heterocycles. The van der Waals surface area contributed by atoms with E-state index in [0.29, 0.717) is 47.5 Å². The molecular weight excluding hydrogens is 394 g/mol. The van der Waals surface area contributed by atoms with Crippen LogP contribution in [0, 0.1) is 0 Å². The maximum Gasteiger partial charge on any atom is 0.321 e. The van der Waals surface area contributed by atoms with Gasteiger partial charge in [0.1, 0.15) is 0 Å². The van der Waals surface area contributed by atoms with Gasteiger partial charge in [-0.3, -0.25) is 9.69 Å². The molecule has 3 amide bonds. The number of carbonyl (C=O) groups excluding carboxylic acids is 2. The zero-order chi connectivity index (χ0) is 20.8. The van der Waals surface area contributed by atoms with Crippen LogP contribution >= 0.6 is 11.6 Å². The zero-order valence-electron chi connectivity index (χ0n) is 16.2. The van der Waals surface area contributed by atoms with Gasteiger partial charge in [0.25, 0.3) is 0 Å². The monoisotopic (exact) mass is 415 g/mol. The average Bonchev–Trinajstić information content (AvgIpc) is 3.13. The van der Waals surface area contributed by atoms with Crippen molar-refractivity contribution in [2.45, 2.75) is 6.92 Å². The molecule has 1 heterocycles. The number of ether oxygens (including phenoxy) is 2. The first kappa shape index (κ1) is 20.5. The summed E-state index contributed by atoms with van der Waals surface area (Å²) < 4.78 is 10.8. The minimum atomic E-state index is -0.307. The second-order valence-electron chi connectivity index (χ2n) is 6.22. The number of anilines is 2. The standard InChI is InChI=1S/C21H22ClN3O4/c1-3-29-18-12-14(11-17(22)20(18)28-2)7-8-19(26)24-15-5-4-6-16(13-15)25-10-9-23-21(25)27/h4-8,11-13H,3,9-10H2,1-2H3,(H,23,27)(H,24,26)/b8-7+. The summed E-state index contributed by atoms with van der Waals surface area (Å²) in [6.45, 7) is 3.53. The number of urea groups is 1. The van der Waals surface area contributed by atoms with E-state index in [2.05, 4.69) is 10.6 Å². The van der Waals surface area contributed by atoms with E-state index in [4.69, 9.17) is 21.1 Å². The Morgan fingerprint density at radius 2 is 2.17 bits per heavy atom. The van der Waals surface area contributed by atoms with E-state index in [9.17, 15) is 9.59 Å². The van der Waals surface area contributed by atoms with E-state index >= 15 is 0 Å². The van der Waals surface area contributed by atoms with Crippen molar-refractivity contribution in [2.24, 2.45) is 0 Å². The number of nitrogens with one attached hydrogen (secondary N) is 2. The lowest BCUT2D eigenvalue weighted by molar-refractivity contribution is -0.111. The van der Waals surface area contributed by atoms with Gasteiger partial charge in [-0.2, -0.15) is 0 Å². The van der Waals surface area contributed by atoms with Crippen molar-refractivity contribution in [3.8, 4) is 11.5 Å². The van der Waals surface area contributed by atoms with Crippen LogP contribution in [0.5, 0.6) is 11.5 Å². The molecule has 2 N–H and O–H groups in total. The number of halogens is 1. The smallest absolute Gasteiger partial charge is 0.321 e. The van der Waals surface area contributed by atoms with Crippen molar-refractivity contribution in [3.63, 3.8) is 0 Å². The molecule has 8 heteroatoms. The lowest BCUT2D eigenvalue weighted by Crippen LogP contribution is -2.27. The molecule has 2 aromatic rings. The molecule has 3 rings (SSSR count). The van der Waals surface area contributed by atoms with Gasteiger partial charge in [-0.15, -0.1) is 0 Å². The van der Waals surface area contributed by atoms with Gasteiger partial charge < -0.3 is 20.1 Å². The summed E-state index contributed by atoms with van der Waals surface area (Å²) >= 11 is 6.23. The molecular formula is C21H22ClN3O4. The van der Waals surface area contributed by atoms with E-state index in [1.807, 2.05) is 13.0 Å². The fourth-order valence-corrected chi connectivity index (χ4v) is 3.27. The number of methoxy groups -OCH3 is 1. The van der Waals surface area contributed by atoms with Crippen LogP contribution in [0.25, 0.3) is 6.08 Å². The largest absolute Gasteiger partial charge is 0.491 e. The Hall–Kier alpha value is -3.19. The average molecular weight is 416 g/mol. The third-order valence-electron chi connectivity index (χ3n) is 4.25. The summed E-state index contributed by atoms with van der Waals surface area (Å²) in [6.07, 6.45) is 3.05. The Morgan fingerprint density at radius 1 is 1.34 bits per heavy atom. The normalized spacial score (nSPS) is 13.5. The molecule has 0 aliphatic carbocycles. The molecule has 0 radical (unpaired) electrons. The first-order chi connectivity index (χ1) is 14.0. The number of carbonyl (C=O) groups is 2. The quantitative estimate of drug-likeness (QED) is 0.671. The molecule has 1 aliphatic heterocycles. The molecule has 1 fully saturated rings. The number of hydrogen-bond donors (Lipinski definition) is 2. The Morgan fingerprint density at radius 3 is 2.86 bits per heavy atom. The van der Waals surface area contributed by atoms with Crippen molar-refractivity contribution >= 4 is 41.0 Å². The first-order valence-corrected chi connectivity index (χ1v) is 9.54. The van der Waals surface area contributed by atoms with Gasteiger partial charge in [-0.25, -0.2) is 4.79 Å². The molecule has 0 unspecified atom stereocenters. The first-order valence-electron chi connectivity index (χ1n) is 9.16. The number of nitrogens with zero attached hydrogens (tertiary/aromatic N) is 1. The van der Waals surface area contributed by atoms with Crippen LogP contribution in [-0.2, 0) is 4.79 Å². The molecule has 7 nitrogen and oxygen atoms in total. The van der Waals surface area contributed by atoms with E-state index < -0.39 is 0 Å². The number of benzene rings is 2. The van der Waals surface area contributed by atoms with Crippen LogP contribution in [-0.4, -0.2) is 38.7 Å². The molecule has 0 bridgehead atoms. The highest BCUT2D eigenvalue weighted by molar-refractivity contribution is 6.32. The lowest BCUT2D eigenvalue weighted by atomic mass is 10.2.